The van der Waals surface area contributed by atoms with Gasteiger partial charge in [0, 0.05) is 12.1 Å². The van der Waals surface area contributed by atoms with Gasteiger partial charge in [-0.2, -0.15) is 0 Å². The third kappa shape index (κ3) is 3.86. The van der Waals surface area contributed by atoms with Gasteiger partial charge < -0.3 is 14.4 Å². The van der Waals surface area contributed by atoms with E-state index in [9.17, 15) is 19.1 Å². The summed E-state index contributed by atoms with van der Waals surface area (Å²) in [6.45, 7) is 1.86. The summed E-state index contributed by atoms with van der Waals surface area (Å²) in [6.07, 6.45) is 4.16. The van der Waals surface area contributed by atoms with Crippen molar-refractivity contribution in [2.45, 2.75) is 45.2 Å². The van der Waals surface area contributed by atoms with Crippen molar-refractivity contribution in [2.24, 2.45) is 0 Å². The van der Waals surface area contributed by atoms with Crippen LogP contribution in [0.3, 0.4) is 0 Å². The number of amides is 1. The second-order valence-electron chi connectivity index (χ2n) is 8.69. The summed E-state index contributed by atoms with van der Waals surface area (Å²) in [5, 5.41) is 11.3. The van der Waals surface area contributed by atoms with E-state index in [2.05, 4.69) is 0 Å². The summed E-state index contributed by atoms with van der Waals surface area (Å²) in [6, 6.07) is 14.1. The maximum Gasteiger partial charge on any atom is 0.296 e. The first-order chi connectivity index (χ1) is 15.9. The van der Waals surface area contributed by atoms with Crippen LogP contribution in [0.1, 0.15) is 52.7 Å². The van der Waals surface area contributed by atoms with Crippen molar-refractivity contribution < 1.29 is 23.5 Å². The molecule has 0 saturated carbocycles. The van der Waals surface area contributed by atoms with Crippen LogP contribution in [0.2, 0.25) is 0 Å². The second-order valence-corrected chi connectivity index (χ2v) is 8.69. The number of benzene rings is 2. The van der Waals surface area contributed by atoms with Gasteiger partial charge in [-0.15, -0.1) is 0 Å². The molecule has 1 amide bonds. The molecule has 1 aliphatic heterocycles. The lowest BCUT2D eigenvalue weighted by Crippen LogP contribution is -2.29. The number of hydrogen-bond acceptors (Lipinski definition) is 4. The summed E-state index contributed by atoms with van der Waals surface area (Å²) in [5.41, 5.74) is 3.61. The van der Waals surface area contributed by atoms with E-state index in [1.54, 1.807) is 37.3 Å². The molecule has 3 aromatic rings. The Bertz CT molecular complexity index is 1270. The molecule has 5 nitrogen and oxygen atoms in total. The molecule has 0 spiro atoms. The van der Waals surface area contributed by atoms with Crippen LogP contribution in [0.4, 0.5) is 4.39 Å². The van der Waals surface area contributed by atoms with Crippen LogP contribution >= 0.6 is 0 Å². The molecule has 0 bridgehead atoms. The minimum Gasteiger partial charge on any atom is -0.507 e. The third-order valence-electron chi connectivity index (χ3n) is 6.46. The highest BCUT2D eigenvalue weighted by atomic mass is 19.1. The first-order valence-corrected chi connectivity index (χ1v) is 11.1. The minimum absolute atomic E-state index is 0.00669. The zero-order valence-electron chi connectivity index (χ0n) is 18.3. The lowest BCUT2D eigenvalue weighted by Gasteiger charge is -2.23. The number of aryl methyl sites for hydroxylation is 3. The molecule has 1 atom stereocenters. The van der Waals surface area contributed by atoms with E-state index in [4.69, 9.17) is 4.42 Å². The SMILES string of the molecule is Cc1ccc(C2/C(=C(/O)c3ccc4c(c3)CCCC4)C(=O)C(=O)N2Cc2ccc(F)cc2)o1. The Hall–Kier alpha value is -3.67. The van der Waals surface area contributed by atoms with Gasteiger partial charge in [0.2, 0.25) is 0 Å². The van der Waals surface area contributed by atoms with Crippen LogP contribution in [0.5, 0.6) is 0 Å². The molecule has 0 radical (unpaired) electrons. The van der Waals surface area contributed by atoms with Crippen molar-refractivity contribution in [3.63, 3.8) is 0 Å². The van der Waals surface area contributed by atoms with Gasteiger partial charge >= 0.3 is 0 Å². The van der Waals surface area contributed by atoms with Crippen molar-refractivity contribution in [1.29, 1.82) is 0 Å². The maximum atomic E-state index is 13.4. The quantitative estimate of drug-likeness (QED) is 0.339. The van der Waals surface area contributed by atoms with Gasteiger partial charge in [-0.05, 0) is 79.6 Å². The molecule has 1 saturated heterocycles. The van der Waals surface area contributed by atoms with Gasteiger partial charge in [0.15, 0.2) is 0 Å². The summed E-state index contributed by atoms with van der Waals surface area (Å²) in [4.78, 5) is 27.6. The van der Waals surface area contributed by atoms with E-state index >= 15 is 0 Å². The standard InChI is InChI=1S/C27H24FNO4/c1-16-6-13-22(33-16)24-23(25(30)20-10-9-18-4-2-3-5-19(18)14-20)26(31)27(32)29(24)15-17-7-11-21(28)12-8-17/h6-14,24,30H,2-5,15H2,1H3/b25-23-. The largest absolute Gasteiger partial charge is 0.507 e. The summed E-state index contributed by atoms with van der Waals surface area (Å²) in [7, 11) is 0. The minimum atomic E-state index is -0.875. The molecule has 5 rings (SSSR count). The van der Waals surface area contributed by atoms with Crippen LogP contribution in [0.15, 0.2) is 64.6 Å². The number of hydrogen-bond donors (Lipinski definition) is 1. The van der Waals surface area contributed by atoms with Gasteiger partial charge in [-0.25, -0.2) is 4.39 Å². The molecule has 2 aliphatic rings. The van der Waals surface area contributed by atoms with Gasteiger partial charge in [0.1, 0.15) is 29.1 Å². The Kier molecular flexibility index (Phi) is 5.36. The Morgan fingerprint density at radius 2 is 1.76 bits per heavy atom. The van der Waals surface area contributed by atoms with Crippen molar-refractivity contribution in [3.05, 3.63) is 99.8 Å². The molecule has 1 aromatic heterocycles. The van der Waals surface area contributed by atoms with E-state index in [-0.39, 0.29) is 23.7 Å². The monoisotopic (exact) mass is 445 g/mol. The Morgan fingerprint density at radius 1 is 1.03 bits per heavy atom. The molecule has 168 valence electrons. The van der Waals surface area contributed by atoms with Crippen LogP contribution in [0, 0.1) is 12.7 Å². The molecule has 6 heteroatoms. The molecule has 33 heavy (non-hydrogen) atoms. The molecule has 1 fully saturated rings. The number of aliphatic hydroxyl groups excluding tert-OH is 1. The van der Waals surface area contributed by atoms with E-state index < -0.39 is 17.7 Å². The number of furan rings is 1. The van der Waals surface area contributed by atoms with Gasteiger partial charge in [-0.1, -0.05) is 24.3 Å². The number of likely N-dealkylation sites (tertiary alicyclic amines) is 1. The van der Waals surface area contributed by atoms with E-state index in [0.29, 0.717) is 22.6 Å². The van der Waals surface area contributed by atoms with E-state index in [0.717, 1.165) is 31.2 Å². The first-order valence-electron chi connectivity index (χ1n) is 11.1. The lowest BCUT2D eigenvalue weighted by molar-refractivity contribution is -0.140. The predicted octanol–water partition coefficient (Wildman–Crippen LogP) is 5.23. The number of carbonyl (C=O) groups excluding carboxylic acids is 2. The van der Waals surface area contributed by atoms with Crippen LogP contribution in [-0.4, -0.2) is 21.7 Å². The van der Waals surface area contributed by atoms with Crippen LogP contribution in [-0.2, 0) is 29.0 Å². The Balaban J connectivity index is 1.61. The smallest absolute Gasteiger partial charge is 0.296 e. The average molecular weight is 445 g/mol. The van der Waals surface area contributed by atoms with Gasteiger partial charge in [0.25, 0.3) is 11.7 Å². The second kappa shape index (κ2) is 8.35. The molecule has 1 unspecified atom stereocenters. The van der Waals surface area contributed by atoms with Crippen LogP contribution in [0.25, 0.3) is 5.76 Å². The number of halogens is 1. The number of rotatable bonds is 4. The van der Waals surface area contributed by atoms with Crippen molar-refractivity contribution in [3.8, 4) is 0 Å². The van der Waals surface area contributed by atoms with E-state index in [1.807, 2.05) is 12.1 Å². The normalized spacial score (nSPS) is 19.7. The molecular formula is C27H24FNO4. The zero-order valence-corrected chi connectivity index (χ0v) is 18.3. The molecule has 2 heterocycles. The Labute approximate surface area is 191 Å². The highest BCUT2D eigenvalue weighted by molar-refractivity contribution is 6.46. The number of fused-ring (bicyclic) bond motifs is 1. The highest BCUT2D eigenvalue weighted by Crippen LogP contribution is 2.41. The fourth-order valence-corrected chi connectivity index (χ4v) is 4.76. The highest BCUT2D eigenvalue weighted by Gasteiger charge is 2.47. The fourth-order valence-electron chi connectivity index (χ4n) is 4.76. The first kappa shape index (κ1) is 21.2. The number of ketones is 1. The van der Waals surface area contributed by atoms with Crippen molar-refractivity contribution >= 4 is 17.4 Å². The van der Waals surface area contributed by atoms with Crippen molar-refractivity contribution in [2.75, 3.05) is 0 Å². The fraction of sp³-hybridized carbons (Fsp3) is 0.259. The lowest BCUT2D eigenvalue weighted by atomic mass is 9.89. The predicted molar refractivity (Wildman–Crippen MR) is 121 cm³/mol. The van der Waals surface area contributed by atoms with E-state index in [1.165, 1.54) is 22.6 Å². The number of nitrogens with zero attached hydrogens (tertiary/aromatic N) is 1. The summed E-state index contributed by atoms with van der Waals surface area (Å²) >= 11 is 0. The average Bonchev–Trinajstić information content (AvgIpc) is 3.36. The zero-order chi connectivity index (χ0) is 23.1. The number of aliphatic hydroxyl groups is 1. The van der Waals surface area contributed by atoms with Crippen molar-refractivity contribution in [1.82, 2.24) is 4.90 Å². The molecule has 2 aromatic carbocycles. The summed E-state index contributed by atoms with van der Waals surface area (Å²) < 4.78 is 19.2. The Morgan fingerprint density at radius 3 is 2.45 bits per heavy atom. The van der Waals surface area contributed by atoms with Gasteiger partial charge in [0.05, 0.1) is 5.57 Å². The topological polar surface area (TPSA) is 70.8 Å². The number of Topliss-reactive ketones (excluding diaryl/α,β-unsaturated/α-hetero) is 1. The molecule has 1 N–H and O–H groups in total. The van der Waals surface area contributed by atoms with Gasteiger partial charge in [-0.3, -0.25) is 9.59 Å². The molecule has 1 aliphatic carbocycles. The molecular weight excluding hydrogens is 421 g/mol. The number of carbonyl (C=O) groups is 2. The van der Waals surface area contributed by atoms with Crippen LogP contribution < -0.4 is 0 Å². The maximum absolute atomic E-state index is 13.4. The third-order valence-corrected chi connectivity index (χ3v) is 6.46. The summed E-state index contributed by atoms with van der Waals surface area (Å²) in [5.74, 6) is -1.04.